The van der Waals surface area contributed by atoms with Gasteiger partial charge in [-0.05, 0) is 5.92 Å². The lowest BCUT2D eigenvalue weighted by Gasteiger charge is -2.14. The zero-order chi connectivity index (χ0) is 17.1. The minimum atomic E-state index is 1.03. The molecule has 1 saturated carbocycles. The molecule has 0 aromatic carbocycles. The summed E-state index contributed by atoms with van der Waals surface area (Å²) < 4.78 is 0. The van der Waals surface area contributed by atoms with Crippen LogP contribution in [0.3, 0.4) is 0 Å². The van der Waals surface area contributed by atoms with Gasteiger partial charge >= 0.3 is 0 Å². The predicted molar refractivity (Wildman–Crippen MR) is 111 cm³/mol. The molecule has 0 bridgehead atoms. The SMILES string of the molecule is CCC1CCCCCCCCCCCCCCCCCCCCC1. The summed E-state index contributed by atoms with van der Waals surface area (Å²) in [5.74, 6) is 1.03. The Kier molecular flexibility index (Phi) is 16.4. The van der Waals surface area contributed by atoms with Gasteiger partial charge in [0, 0.05) is 0 Å². The van der Waals surface area contributed by atoms with Crippen LogP contribution in [0.5, 0.6) is 0 Å². The highest BCUT2D eigenvalue weighted by Crippen LogP contribution is 2.22. The van der Waals surface area contributed by atoms with E-state index in [2.05, 4.69) is 6.92 Å². The Morgan fingerprint density at radius 2 is 0.583 bits per heavy atom. The molecule has 1 rings (SSSR count). The van der Waals surface area contributed by atoms with Crippen LogP contribution in [0.1, 0.15) is 148 Å². The third kappa shape index (κ3) is 14.4. The second kappa shape index (κ2) is 17.8. The van der Waals surface area contributed by atoms with E-state index < -0.39 is 0 Å². The average molecular weight is 337 g/mol. The van der Waals surface area contributed by atoms with Gasteiger partial charge in [-0.1, -0.05) is 148 Å². The van der Waals surface area contributed by atoms with Crippen LogP contribution in [0, 0.1) is 5.92 Å². The number of hydrogen-bond donors (Lipinski definition) is 0. The minimum absolute atomic E-state index is 1.03. The van der Waals surface area contributed by atoms with Crippen molar-refractivity contribution in [2.75, 3.05) is 0 Å². The molecule has 0 aromatic heterocycles. The Morgan fingerprint density at radius 3 is 0.792 bits per heavy atom. The molecule has 24 heavy (non-hydrogen) atoms. The lowest BCUT2D eigenvalue weighted by atomic mass is 9.92. The van der Waals surface area contributed by atoms with Crippen molar-refractivity contribution < 1.29 is 0 Å². The lowest BCUT2D eigenvalue weighted by molar-refractivity contribution is 0.391. The van der Waals surface area contributed by atoms with Crippen molar-refractivity contribution >= 4 is 0 Å². The van der Waals surface area contributed by atoms with Crippen LogP contribution in [-0.4, -0.2) is 0 Å². The van der Waals surface area contributed by atoms with Gasteiger partial charge in [0.15, 0.2) is 0 Å². The van der Waals surface area contributed by atoms with Crippen molar-refractivity contribution in [1.82, 2.24) is 0 Å². The topological polar surface area (TPSA) is 0 Å². The summed E-state index contributed by atoms with van der Waals surface area (Å²) in [6.45, 7) is 2.41. The molecule has 0 unspecified atom stereocenters. The van der Waals surface area contributed by atoms with Crippen LogP contribution in [0.25, 0.3) is 0 Å². The van der Waals surface area contributed by atoms with Crippen molar-refractivity contribution in [3.8, 4) is 0 Å². The summed E-state index contributed by atoms with van der Waals surface area (Å²) in [5, 5.41) is 0. The van der Waals surface area contributed by atoms with E-state index in [9.17, 15) is 0 Å². The standard InChI is InChI=1S/C24H48/c1-2-24-22-20-18-16-14-12-10-8-6-4-3-5-7-9-11-13-15-17-19-21-23-24/h24H,2-23H2,1H3. The van der Waals surface area contributed by atoms with E-state index >= 15 is 0 Å². The quantitative estimate of drug-likeness (QED) is 0.447. The smallest absolute Gasteiger partial charge is 0.0417 e. The highest BCUT2D eigenvalue weighted by atomic mass is 14.1. The summed E-state index contributed by atoms with van der Waals surface area (Å²) in [7, 11) is 0. The first-order chi connectivity index (χ1) is 11.9. The fourth-order valence-electron chi connectivity index (χ4n) is 4.42. The van der Waals surface area contributed by atoms with E-state index in [1.54, 1.807) is 0 Å². The van der Waals surface area contributed by atoms with Crippen molar-refractivity contribution in [3.05, 3.63) is 0 Å². The third-order valence-electron chi connectivity index (χ3n) is 6.30. The Morgan fingerprint density at radius 1 is 0.375 bits per heavy atom. The van der Waals surface area contributed by atoms with Crippen LogP contribution >= 0.6 is 0 Å². The molecule has 0 radical (unpaired) electrons. The summed E-state index contributed by atoms with van der Waals surface area (Å²) >= 11 is 0. The monoisotopic (exact) mass is 336 g/mol. The maximum Gasteiger partial charge on any atom is -0.0417 e. The van der Waals surface area contributed by atoms with Gasteiger partial charge in [-0.2, -0.15) is 0 Å². The minimum Gasteiger partial charge on any atom is -0.0651 e. The highest BCUT2D eigenvalue weighted by molar-refractivity contribution is 4.59. The van der Waals surface area contributed by atoms with Crippen LogP contribution in [0.15, 0.2) is 0 Å². The molecular formula is C24H48. The first kappa shape index (κ1) is 22.0. The van der Waals surface area contributed by atoms with Gasteiger partial charge in [0.1, 0.15) is 0 Å². The van der Waals surface area contributed by atoms with E-state index in [1.165, 1.54) is 141 Å². The summed E-state index contributed by atoms with van der Waals surface area (Å²) in [4.78, 5) is 0. The second-order valence-electron chi connectivity index (χ2n) is 8.57. The molecule has 1 fully saturated rings. The van der Waals surface area contributed by atoms with Crippen LogP contribution in [0.4, 0.5) is 0 Å². The molecule has 0 nitrogen and oxygen atoms in total. The van der Waals surface area contributed by atoms with E-state index in [1.807, 2.05) is 0 Å². The molecule has 0 aromatic rings. The molecule has 1 aliphatic rings. The van der Waals surface area contributed by atoms with Crippen LogP contribution < -0.4 is 0 Å². The normalized spacial score (nSPS) is 23.9. The van der Waals surface area contributed by atoms with Gasteiger partial charge < -0.3 is 0 Å². The first-order valence-electron chi connectivity index (χ1n) is 11.9. The lowest BCUT2D eigenvalue weighted by Crippen LogP contribution is -1.99. The Balaban J connectivity index is 2.13. The molecule has 0 heterocycles. The number of hydrogen-bond acceptors (Lipinski definition) is 0. The van der Waals surface area contributed by atoms with Gasteiger partial charge in [-0.3, -0.25) is 0 Å². The Labute approximate surface area is 154 Å². The molecule has 0 N–H and O–H groups in total. The second-order valence-corrected chi connectivity index (χ2v) is 8.57. The Bertz CT molecular complexity index is 210. The zero-order valence-electron chi connectivity index (χ0n) is 17.1. The maximum absolute atomic E-state index is 2.41. The third-order valence-corrected chi connectivity index (χ3v) is 6.30. The fraction of sp³-hybridized carbons (Fsp3) is 1.00. The number of rotatable bonds is 1. The van der Waals surface area contributed by atoms with Crippen LogP contribution in [-0.2, 0) is 0 Å². The van der Waals surface area contributed by atoms with Crippen molar-refractivity contribution in [3.63, 3.8) is 0 Å². The highest BCUT2D eigenvalue weighted by Gasteiger charge is 2.06. The molecule has 0 saturated heterocycles. The van der Waals surface area contributed by atoms with Gasteiger partial charge in [0.05, 0.1) is 0 Å². The molecule has 0 atom stereocenters. The fourth-order valence-corrected chi connectivity index (χ4v) is 4.42. The summed E-state index contributed by atoms with van der Waals surface area (Å²) in [5.41, 5.74) is 0. The summed E-state index contributed by atoms with van der Waals surface area (Å²) in [6.07, 6.45) is 32.9. The van der Waals surface area contributed by atoms with Crippen molar-refractivity contribution in [2.45, 2.75) is 148 Å². The van der Waals surface area contributed by atoms with E-state index in [0.29, 0.717) is 0 Å². The van der Waals surface area contributed by atoms with Gasteiger partial charge in [-0.15, -0.1) is 0 Å². The zero-order valence-corrected chi connectivity index (χ0v) is 17.1. The van der Waals surface area contributed by atoms with Crippen molar-refractivity contribution in [2.24, 2.45) is 5.92 Å². The molecule has 0 aliphatic heterocycles. The first-order valence-corrected chi connectivity index (χ1v) is 11.9. The van der Waals surface area contributed by atoms with Crippen LogP contribution in [0.2, 0.25) is 0 Å². The Hall–Kier alpha value is 0. The molecule has 1 aliphatic carbocycles. The molecule has 144 valence electrons. The molecule has 0 spiro atoms. The molecular weight excluding hydrogens is 288 g/mol. The van der Waals surface area contributed by atoms with Crippen molar-refractivity contribution in [1.29, 1.82) is 0 Å². The van der Waals surface area contributed by atoms with Gasteiger partial charge in [0.2, 0.25) is 0 Å². The van der Waals surface area contributed by atoms with E-state index in [-0.39, 0.29) is 0 Å². The largest absolute Gasteiger partial charge is 0.0651 e. The molecule has 0 heteroatoms. The van der Waals surface area contributed by atoms with E-state index in [0.717, 1.165) is 5.92 Å². The maximum atomic E-state index is 2.41. The van der Waals surface area contributed by atoms with Gasteiger partial charge in [0.25, 0.3) is 0 Å². The average Bonchev–Trinajstić information content (AvgIpc) is 2.60. The molecule has 0 amide bonds. The van der Waals surface area contributed by atoms with E-state index in [4.69, 9.17) is 0 Å². The van der Waals surface area contributed by atoms with Gasteiger partial charge in [-0.25, -0.2) is 0 Å². The predicted octanol–water partition coefficient (Wildman–Crippen LogP) is 9.22. The summed E-state index contributed by atoms with van der Waals surface area (Å²) in [6, 6.07) is 0.